The van der Waals surface area contributed by atoms with Crippen LogP contribution in [0.3, 0.4) is 0 Å². The first kappa shape index (κ1) is 22.8. The second-order valence-corrected chi connectivity index (χ2v) is 8.73. The second kappa shape index (κ2) is 8.34. The smallest absolute Gasteiger partial charge is 0.425 e. The van der Waals surface area contributed by atoms with Crippen LogP contribution in [-0.4, -0.2) is 53.1 Å². The summed E-state index contributed by atoms with van der Waals surface area (Å²) in [5, 5.41) is 10.7. The van der Waals surface area contributed by atoms with Crippen molar-refractivity contribution in [3.8, 4) is 5.88 Å². The molecule has 2 heterocycles. The molecule has 6 nitrogen and oxygen atoms in total. The number of anilines is 1. The first-order valence-corrected chi connectivity index (χ1v) is 10.3. The minimum absolute atomic E-state index is 0.0199. The fourth-order valence-electron chi connectivity index (χ4n) is 4.04. The lowest BCUT2D eigenvalue weighted by atomic mass is 9.68. The average Bonchev–Trinajstić information content (AvgIpc) is 2.99. The number of ether oxygens (including phenoxy) is 2. The Morgan fingerprint density at radius 1 is 1.17 bits per heavy atom. The van der Waals surface area contributed by atoms with Crippen LogP contribution in [0.4, 0.5) is 18.9 Å². The topological polar surface area (TPSA) is 71.9 Å². The van der Waals surface area contributed by atoms with Gasteiger partial charge in [0.2, 0.25) is 11.8 Å². The Bertz CT molecular complexity index is 744. The van der Waals surface area contributed by atoms with Crippen molar-refractivity contribution in [3.05, 3.63) is 18.3 Å². The molecule has 1 aromatic heterocycles. The maximum atomic E-state index is 13.2. The van der Waals surface area contributed by atoms with Crippen molar-refractivity contribution in [2.75, 3.05) is 18.1 Å². The van der Waals surface area contributed by atoms with Crippen molar-refractivity contribution < 1.29 is 32.5 Å². The summed E-state index contributed by atoms with van der Waals surface area (Å²) in [6, 6.07) is 2.90. The minimum atomic E-state index is -4.47. The summed E-state index contributed by atoms with van der Waals surface area (Å²) in [5.74, 6) is -0.161. The summed E-state index contributed by atoms with van der Waals surface area (Å²) in [7, 11) is 0. The Labute approximate surface area is 174 Å². The standard InChI is InChI=1S/C21H29F3N2O4/c1-14(2)29-13-20(28)8-6-19(7-9-20)10-11-26(18(19)27)16-4-5-17(25-12-16)30-15(3)21(22,23)24/h4-5,12,14-15,28H,6-11,13H2,1-3H3/t15-,19-,20+/m1/s1. The normalized spacial score (nSPS) is 28.4. The lowest BCUT2D eigenvalue weighted by Gasteiger charge is -2.41. The van der Waals surface area contributed by atoms with Gasteiger partial charge in [0.1, 0.15) is 0 Å². The van der Waals surface area contributed by atoms with Gasteiger partial charge in [-0.15, -0.1) is 0 Å². The van der Waals surface area contributed by atoms with E-state index in [1.807, 2.05) is 13.8 Å². The van der Waals surface area contributed by atoms with E-state index in [0.29, 0.717) is 44.3 Å². The van der Waals surface area contributed by atoms with Gasteiger partial charge in [0.15, 0.2) is 6.10 Å². The van der Waals surface area contributed by atoms with Crippen LogP contribution in [0.25, 0.3) is 0 Å². The Morgan fingerprint density at radius 3 is 2.37 bits per heavy atom. The molecular weight excluding hydrogens is 401 g/mol. The van der Waals surface area contributed by atoms with E-state index in [2.05, 4.69) is 4.98 Å². The quantitative estimate of drug-likeness (QED) is 0.742. The van der Waals surface area contributed by atoms with Gasteiger partial charge >= 0.3 is 6.18 Å². The molecule has 2 aliphatic rings. The molecular formula is C21H29F3N2O4. The minimum Gasteiger partial charge on any atom is -0.465 e. The third-order valence-electron chi connectivity index (χ3n) is 6.13. The van der Waals surface area contributed by atoms with Gasteiger partial charge in [0, 0.05) is 12.6 Å². The number of alkyl halides is 3. The van der Waals surface area contributed by atoms with E-state index in [1.165, 1.54) is 12.3 Å². The molecule has 0 aromatic carbocycles. The maximum absolute atomic E-state index is 13.2. The number of hydrogen-bond acceptors (Lipinski definition) is 5. The van der Waals surface area contributed by atoms with Crippen LogP contribution in [0.15, 0.2) is 18.3 Å². The van der Waals surface area contributed by atoms with E-state index in [4.69, 9.17) is 9.47 Å². The van der Waals surface area contributed by atoms with Crippen molar-refractivity contribution in [3.63, 3.8) is 0 Å². The van der Waals surface area contributed by atoms with E-state index < -0.39 is 23.3 Å². The van der Waals surface area contributed by atoms with Crippen LogP contribution < -0.4 is 9.64 Å². The lowest BCUT2D eigenvalue weighted by molar-refractivity contribution is -0.189. The Balaban J connectivity index is 1.62. The molecule has 1 spiro atoms. The summed E-state index contributed by atoms with van der Waals surface area (Å²) in [4.78, 5) is 18.7. The molecule has 1 aliphatic carbocycles. The molecule has 3 rings (SSSR count). The van der Waals surface area contributed by atoms with E-state index in [1.54, 1.807) is 11.0 Å². The van der Waals surface area contributed by atoms with Crippen molar-refractivity contribution in [1.82, 2.24) is 4.98 Å². The van der Waals surface area contributed by atoms with Gasteiger partial charge in [-0.2, -0.15) is 13.2 Å². The first-order valence-electron chi connectivity index (χ1n) is 10.3. The highest BCUT2D eigenvalue weighted by Gasteiger charge is 2.51. The van der Waals surface area contributed by atoms with Gasteiger partial charge in [0.05, 0.1) is 35.6 Å². The summed E-state index contributed by atoms with van der Waals surface area (Å²) < 4.78 is 48.3. The highest BCUT2D eigenvalue weighted by atomic mass is 19.4. The van der Waals surface area contributed by atoms with Gasteiger partial charge in [0.25, 0.3) is 0 Å². The van der Waals surface area contributed by atoms with Crippen molar-refractivity contribution in [2.45, 2.75) is 76.9 Å². The van der Waals surface area contributed by atoms with E-state index in [9.17, 15) is 23.1 Å². The average molecular weight is 430 g/mol. The van der Waals surface area contributed by atoms with Gasteiger partial charge < -0.3 is 19.5 Å². The molecule has 30 heavy (non-hydrogen) atoms. The van der Waals surface area contributed by atoms with Crippen LogP contribution in [-0.2, 0) is 9.53 Å². The van der Waals surface area contributed by atoms with Crippen LogP contribution in [0, 0.1) is 5.41 Å². The molecule has 168 valence electrons. The number of rotatable bonds is 6. The zero-order chi connectivity index (χ0) is 22.2. The molecule has 1 N–H and O–H groups in total. The SMILES string of the molecule is CC(C)OC[C@]1(O)CC[C@]2(CCN(c3ccc(O[C@H](C)C(F)(F)F)nc3)C2=O)CC1. The second-order valence-electron chi connectivity index (χ2n) is 8.73. The molecule has 1 aromatic rings. The number of hydrogen-bond donors (Lipinski definition) is 1. The lowest BCUT2D eigenvalue weighted by Crippen LogP contribution is -2.46. The molecule has 0 radical (unpaired) electrons. The Hall–Kier alpha value is -1.87. The zero-order valence-electron chi connectivity index (χ0n) is 17.5. The van der Waals surface area contributed by atoms with Gasteiger partial charge in [-0.3, -0.25) is 4.79 Å². The third-order valence-corrected chi connectivity index (χ3v) is 6.13. The molecule has 9 heteroatoms. The van der Waals surface area contributed by atoms with Crippen LogP contribution in [0.1, 0.15) is 52.9 Å². The molecule has 0 bridgehead atoms. The summed E-state index contributed by atoms with van der Waals surface area (Å²) in [6.45, 7) is 5.53. The summed E-state index contributed by atoms with van der Waals surface area (Å²) in [5.41, 5.74) is -0.879. The van der Waals surface area contributed by atoms with Gasteiger partial charge in [-0.05, 0) is 58.9 Å². The van der Waals surface area contributed by atoms with Crippen molar-refractivity contribution >= 4 is 11.6 Å². The van der Waals surface area contributed by atoms with E-state index in [0.717, 1.165) is 6.92 Å². The summed E-state index contributed by atoms with van der Waals surface area (Å²) in [6.07, 6.45) is -2.20. The number of carbonyl (C=O) groups excluding carboxylic acids is 1. The van der Waals surface area contributed by atoms with Crippen molar-refractivity contribution in [2.24, 2.45) is 5.41 Å². The molecule has 1 atom stereocenters. The zero-order valence-corrected chi connectivity index (χ0v) is 17.5. The monoisotopic (exact) mass is 430 g/mol. The molecule has 1 amide bonds. The number of aromatic nitrogens is 1. The Morgan fingerprint density at radius 2 is 1.83 bits per heavy atom. The van der Waals surface area contributed by atoms with Crippen LogP contribution in [0.2, 0.25) is 0 Å². The molecule has 2 fully saturated rings. The van der Waals surface area contributed by atoms with E-state index in [-0.39, 0.29) is 24.5 Å². The number of pyridine rings is 1. The number of amides is 1. The highest BCUT2D eigenvalue weighted by Crippen LogP contribution is 2.48. The fourth-order valence-corrected chi connectivity index (χ4v) is 4.04. The van der Waals surface area contributed by atoms with Crippen molar-refractivity contribution in [1.29, 1.82) is 0 Å². The predicted molar refractivity (Wildman–Crippen MR) is 104 cm³/mol. The molecule has 1 saturated carbocycles. The molecule has 1 aliphatic heterocycles. The number of carbonyl (C=O) groups is 1. The van der Waals surface area contributed by atoms with Crippen LogP contribution >= 0.6 is 0 Å². The molecule has 0 unspecified atom stereocenters. The Kier molecular flexibility index (Phi) is 6.34. The number of nitrogens with zero attached hydrogens (tertiary/aromatic N) is 2. The fraction of sp³-hybridized carbons (Fsp3) is 0.714. The van der Waals surface area contributed by atoms with Gasteiger partial charge in [-0.25, -0.2) is 4.98 Å². The van der Waals surface area contributed by atoms with Crippen LogP contribution in [0.5, 0.6) is 5.88 Å². The van der Waals surface area contributed by atoms with E-state index >= 15 is 0 Å². The maximum Gasteiger partial charge on any atom is 0.425 e. The number of halogens is 3. The molecule has 1 saturated heterocycles. The predicted octanol–water partition coefficient (Wildman–Crippen LogP) is 3.86. The highest BCUT2D eigenvalue weighted by molar-refractivity contribution is 5.99. The first-order chi connectivity index (χ1) is 13.9. The number of aliphatic hydroxyl groups is 1. The van der Waals surface area contributed by atoms with Gasteiger partial charge in [-0.1, -0.05) is 0 Å². The summed E-state index contributed by atoms with van der Waals surface area (Å²) >= 11 is 0. The third kappa shape index (κ3) is 4.88. The largest absolute Gasteiger partial charge is 0.465 e.